The Hall–Kier alpha value is -2.01. The summed E-state index contributed by atoms with van der Waals surface area (Å²) in [6.45, 7) is 7.98. The first-order chi connectivity index (χ1) is 9.41. The van der Waals surface area contributed by atoms with Gasteiger partial charge in [-0.3, -0.25) is 0 Å². The second-order valence-electron chi connectivity index (χ2n) is 4.87. The van der Waals surface area contributed by atoms with Crippen molar-refractivity contribution in [2.45, 2.75) is 27.7 Å². The Morgan fingerprint density at radius 2 is 1.80 bits per heavy atom. The first-order valence-corrected chi connectivity index (χ1v) is 6.79. The fourth-order valence-corrected chi connectivity index (χ4v) is 2.26. The molecule has 0 bridgehead atoms. The van der Waals surface area contributed by atoms with Gasteiger partial charge in [-0.05, 0) is 50.5 Å². The molecule has 0 spiro atoms. The lowest BCUT2D eigenvalue weighted by molar-refractivity contribution is 0.962. The molecule has 0 aliphatic rings. The molecule has 104 valence electrons. The molecule has 0 aliphatic carbocycles. The number of nitrogens with zero attached hydrogens (tertiary/aromatic N) is 2. The minimum atomic E-state index is 0.327. The van der Waals surface area contributed by atoms with Gasteiger partial charge in [0.1, 0.15) is 4.99 Å². The third-order valence-corrected chi connectivity index (χ3v) is 3.76. The highest BCUT2D eigenvalue weighted by atomic mass is 32.1. The van der Waals surface area contributed by atoms with E-state index in [1.54, 1.807) is 0 Å². The smallest absolute Gasteiger partial charge is 0.163 e. The number of anilines is 2. The second kappa shape index (κ2) is 5.54. The number of aromatic nitrogens is 2. The number of thiocarbonyl (C=S) groups is 1. The lowest BCUT2D eigenvalue weighted by Gasteiger charge is -2.15. The Morgan fingerprint density at radius 1 is 1.10 bits per heavy atom. The van der Waals surface area contributed by atoms with Crippen molar-refractivity contribution in [3.63, 3.8) is 0 Å². The zero-order valence-corrected chi connectivity index (χ0v) is 12.9. The average Bonchev–Trinajstić information content (AvgIpc) is 2.39. The zero-order chi connectivity index (χ0) is 14.9. The van der Waals surface area contributed by atoms with Crippen LogP contribution in [-0.4, -0.2) is 15.2 Å². The van der Waals surface area contributed by atoms with E-state index in [9.17, 15) is 0 Å². The first-order valence-electron chi connectivity index (χ1n) is 6.38. The molecule has 0 aliphatic heterocycles. The lowest BCUT2D eigenvalue weighted by atomic mass is 10.1. The first kappa shape index (κ1) is 14.4. The number of rotatable bonds is 3. The van der Waals surface area contributed by atoms with Gasteiger partial charge in [0, 0.05) is 5.69 Å². The van der Waals surface area contributed by atoms with Crippen molar-refractivity contribution < 1.29 is 0 Å². The highest BCUT2D eigenvalue weighted by Crippen LogP contribution is 2.25. The van der Waals surface area contributed by atoms with Crippen LogP contribution in [0.2, 0.25) is 0 Å². The fourth-order valence-electron chi connectivity index (χ4n) is 2.01. The van der Waals surface area contributed by atoms with Crippen LogP contribution in [0.15, 0.2) is 18.2 Å². The molecule has 1 heterocycles. The van der Waals surface area contributed by atoms with Crippen molar-refractivity contribution in [3.8, 4) is 0 Å². The SMILES string of the molecule is Cc1cccc(Nc2nnc(C)c(C)c2C(N)=S)c1C. The van der Waals surface area contributed by atoms with E-state index in [1.165, 1.54) is 11.1 Å². The number of nitrogens with one attached hydrogen (secondary N) is 1. The van der Waals surface area contributed by atoms with Crippen LogP contribution in [0, 0.1) is 27.7 Å². The van der Waals surface area contributed by atoms with Gasteiger partial charge in [0.2, 0.25) is 0 Å². The van der Waals surface area contributed by atoms with Gasteiger partial charge >= 0.3 is 0 Å². The molecule has 4 nitrogen and oxygen atoms in total. The maximum absolute atomic E-state index is 5.83. The van der Waals surface area contributed by atoms with Crippen LogP contribution in [0.4, 0.5) is 11.5 Å². The quantitative estimate of drug-likeness (QED) is 0.849. The largest absolute Gasteiger partial charge is 0.389 e. The average molecular weight is 286 g/mol. The van der Waals surface area contributed by atoms with E-state index in [2.05, 4.69) is 35.4 Å². The van der Waals surface area contributed by atoms with Gasteiger partial charge in [-0.2, -0.15) is 5.10 Å². The Labute approximate surface area is 124 Å². The number of aryl methyl sites for hydroxylation is 2. The van der Waals surface area contributed by atoms with E-state index in [-0.39, 0.29) is 0 Å². The summed E-state index contributed by atoms with van der Waals surface area (Å²) in [6.07, 6.45) is 0. The minimum absolute atomic E-state index is 0.327. The van der Waals surface area contributed by atoms with Gasteiger partial charge in [0.25, 0.3) is 0 Å². The summed E-state index contributed by atoms with van der Waals surface area (Å²) >= 11 is 5.14. The third-order valence-electron chi connectivity index (χ3n) is 3.56. The molecule has 0 amide bonds. The highest BCUT2D eigenvalue weighted by molar-refractivity contribution is 7.80. The third kappa shape index (κ3) is 2.63. The van der Waals surface area contributed by atoms with Crippen LogP contribution in [0.3, 0.4) is 0 Å². The molecule has 5 heteroatoms. The molecule has 2 rings (SSSR count). The molecular formula is C15H18N4S. The second-order valence-corrected chi connectivity index (χ2v) is 5.31. The molecule has 0 unspecified atom stereocenters. The standard InChI is InChI=1S/C15H18N4S/c1-8-6-5-7-12(9(8)2)17-15-13(14(16)20)10(3)11(4)18-19-15/h5-7H,1-4H3,(H2,16,20)(H,17,19). The molecule has 0 fully saturated rings. The summed E-state index contributed by atoms with van der Waals surface area (Å²) < 4.78 is 0. The van der Waals surface area contributed by atoms with Crippen molar-refractivity contribution >= 4 is 28.7 Å². The zero-order valence-electron chi connectivity index (χ0n) is 12.1. The van der Waals surface area contributed by atoms with Gasteiger partial charge < -0.3 is 11.1 Å². The summed E-state index contributed by atoms with van der Waals surface area (Å²) in [5.41, 5.74) is 11.7. The molecule has 20 heavy (non-hydrogen) atoms. The summed E-state index contributed by atoms with van der Waals surface area (Å²) in [7, 11) is 0. The Morgan fingerprint density at radius 3 is 2.45 bits per heavy atom. The molecule has 0 saturated heterocycles. The van der Waals surface area contributed by atoms with E-state index in [0.29, 0.717) is 10.8 Å². The maximum Gasteiger partial charge on any atom is 0.163 e. The van der Waals surface area contributed by atoms with E-state index < -0.39 is 0 Å². The van der Waals surface area contributed by atoms with Crippen LogP contribution in [0.1, 0.15) is 27.9 Å². The van der Waals surface area contributed by atoms with Crippen molar-refractivity contribution in [1.29, 1.82) is 0 Å². The number of hydrogen-bond acceptors (Lipinski definition) is 4. The van der Waals surface area contributed by atoms with Crippen LogP contribution in [-0.2, 0) is 0 Å². The monoisotopic (exact) mass is 286 g/mol. The highest BCUT2D eigenvalue weighted by Gasteiger charge is 2.14. The minimum Gasteiger partial charge on any atom is -0.389 e. The van der Waals surface area contributed by atoms with Gasteiger partial charge in [0.05, 0.1) is 11.3 Å². The van der Waals surface area contributed by atoms with Crippen molar-refractivity contribution in [3.05, 3.63) is 46.1 Å². The van der Waals surface area contributed by atoms with Crippen LogP contribution >= 0.6 is 12.2 Å². The van der Waals surface area contributed by atoms with Gasteiger partial charge in [-0.25, -0.2) is 0 Å². The van der Waals surface area contributed by atoms with E-state index >= 15 is 0 Å². The van der Waals surface area contributed by atoms with Gasteiger partial charge in [-0.15, -0.1) is 5.10 Å². The van der Waals surface area contributed by atoms with Gasteiger partial charge in [0.15, 0.2) is 5.82 Å². The molecular weight excluding hydrogens is 268 g/mol. The summed E-state index contributed by atoms with van der Waals surface area (Å²) in [4.78, 5) is 0.327. The molecule has 1 aromatic heterocycles. The van der Waals surface area contributed by atoms with Crippen molar-refractivity contribution in [1.82, 2.24) is 10.2 Å². The van der Waals surface area contributed by atoms with Crippen molar-refractivity contribution in [2.24, 2.45) is 5.73 Å². The van der Waals surface area contributed by atoms with E-state index in [0.717, 1.165) is 22.5 Å². The maximum atomic E-state index is 5.83. The van der Waals surface area contributed by atoms with E-state index in [4.69, 9.17) is 18.0 Å². The molecule has 3 N–H and O–H groups in total. The van der Waals surface area contributed by atoms with Gasteiger partial charge in [-0.1, -0.05) is 24.4 Å². The predicted molar refractivity (Wildman–Crippen MR) is 86.6 cm³/mol. The molecule has 0 saturated carbocycles. The molecule has 1 aromatic carbocycles. The summed E-state index contributed by atoms with van der Waals surface area (Å²) in [5, 5.41) is 11.6. The normalized spacial score (nSPS) is 10.4. The lowest BCUT2D eigenvalue weighted by Crippen LogP contribution is -2.17. The van der Waals surface area contributed by atoms with E-state index in [1.807, 2.05) is 26.0 Å². The number of hydrogen-bond donors (Lipinski definition) is 2. The Balaban J connectivity index is 2.52. The number of benzene rings is 1. The Kier molecular flexibility index (Phi) is 3.99. The Bertz CT molecular complexity index is 680. The van der Waals surface area contributed by atoms with Crippen molar-refractivity contribution in [2.75, 3.05) is 5.32 Å². The van der Waals surface area contributed by atoms with Crippen LogP contribution in [0.25, 0.3) is 0 Å². The molecule has 0 atom stereocenters. The molecule has 2 aromatic rings. The molecule has 0 radical (unpaired) electrons. The summed E-state index contributed by atoms with van der Waals surface area (Å²) in [6, 6.07) is 6.07. The fraction of sp³-hybridized carbons (Fsp3) is 0.267. The topological polar surface area (TPSA) is 63.8 Å². The van der Waals surface area contributed by atoms with Crippen LogP contribution < -0.4 is 11.1 Å². The predicted octanol–water partition coefficient (Wildman–Crippen LogP) is 3.09. The van der Waals surface area contributed by atoms with Crippen LogP contribution in [0.5, 0.6) is 0 Å². The number of nitrogens with two attached hydrogens (primary N) is 1. The summed E-state index contributed by atoms with van der Waals surface area (Å²) in [5.74, 6) is 0.606.